The molecule has 0 aromatic heterocycles. The van der Waals surface area contributed by atoms with Crippen molar-refractivity contribution in [3.05, 3.63) is 0 Å². The summed E-state index contributed by atoms with van der Waals surface area (Å²) >= 11 is 0. The molecule has 0 spiro atoms. The van der Waals surface area contributed by atoms with Crippen LogP contribution in [0.15, 0.2) is 0 Å². The van der Waals surface area contributed by atoms with Crippen molar-refractivity contribution in [3.8, 4) is 24.2 Å². The van der Waals surface area contributed by atoms with Crippen molar-refractivity contribution in [2.24, 2.45) is 5.92 Å². The minimum atomic E-state index is 0.441. The summed E-state index contributed by atoms with van der Waals surface area (Å²) in [6.07, 6.45) is 8.19. The molecule has 1 aliphatic rings. The molecule has 1 atom stereocenters. The van der Waals surface area contributed by atoms with Gasteiger partial charge in [0.15, 0.2) is 0 Å². The lowest BCUT2D eigenvalue weighted by Gasteiger charge is -2.05. The summed E-state index contributed by atoms with van der Waals surface area (Å²) in [7, 11) is 0. The normalized spacial score (nSPS) is 25.1. The zero-order valence-corrected chi connectivity index (χ0v) is 4.78. The van der Waals surface area contributed by atoms with Crippen molar-refractivity contribution in [2.45, 2.75) is 19.3 Å². The summed E-state index contributed by atoms with van der Waals surface area (Å²) in [6.45, 7) is 0. The van der Waals surface area contributed by atoms with Crippen LogP contribution in [0.2, 0.25) is 0 Å². The third-order valence-corrected chi connectivity index (χ3v) is 1.33. The highest BCUT2D eigenvalue weighted by molar-refractivity contribution is 5.10. The van der Waals surface area contributed by atoms with Crippen LogP contribution < -0.4 is 0 Å². The summed E-state index contributed by atoms with van der Waals surface area (Å²) < 4.78 is 0. The topological polar surface area (TPSA) is 0 Å². The van der Waals surface area contributed by atoms with Crippen molar-refractivity contribution >= 4 is 0 Å². The molecule has 0 aromatic carbocycles. The fourth-order valence-corrected chi connectivity index (χ4v) is 0.774. The molecule has 0 amide bonds. The Morgan fingerprint density at radius 2 is 2.38 bits per heavy atom. The highest BCUT2D eigenvalue weighted by Crippen LogP contribution is 2.11. The van der Waals surface area contributed by atoms with Crippen LogP contribution in [0.5, 0.6) is 0 Å². The van der Waals surface area contributed by atoms with E-state index in [9.17, 15) is 0 Å². The molecule has 0 radical (unpaired) electrons. The SMILES string of the molecule is C#CC1CC#CCC1. The van der Waals surface area contributed by atoms with Crippen molar-refractivity contribution < 1.29 is 0 Å². The Morgan fingerprint density at radius 1 is 1.50 bits per heavy atom. The molecule has 40 valence electrons. The zero-order valence-electron chi connectivity index (χ0n) is 4.78. The van der Waals surface area contributed by atoms with Gasteiger partial charge in [0.2, 0.25) is 0 Å². The molecule has 1 rings (SSSR count). The van der Waals surface area contributed by atoms with Gasteiger partial charge in [-0.3, -0.25) is 0 Å². The molecular weight excluding hydrogens is 96.1 g/mol. The van der Waals surface area contributed by atoms with Crippen LogP contribution in [0.25, 0.3) is 0 Å². The summed E-state index contributed by atoms with van der Waals surface area (Å²) in [5, 5.41) is 0. The van der Waals surface area contributed by atoms with E-state index in [0.717, 1.165) is 19.3 Å². The molecule has 0 saturated carbocycles. The maximum Gasteiger partial charge on any atom is 0.0318 e. The fourth-order valence-electron chi connectivity index (χ4n) is 0.774. The van der Waals surface area contributed by atoms with Crippen LogP contribution in [-0.4, -0.2) is 0 Å². The van der Waals surface area contributed by atoms with Gasteiger partial charge in [0.05, 0.1) is 0 Å². The van der Waals surface area contributed by atoms with E-state index in [0.29, 0.717) is 5.92 Å². The van der Waals surface area contributed by atoms with E-state index in [2.05, 4.69) is 17.8 Å². The van der Waals surface area contributed by atoms with Gasteiger partial charge in [-0.15, -0.1) is 24.2 Å². The Labute approximate surface area is 50.3 Å². The van der Waals surface area contributed by atoms with E-state index >= 15 is 0 Å². The molecule has 1 aliphatic carbocycles. The zero-order chi connectivity index (χ0) is 5.82. The predicted molar refractivity (Wildman–Crippen MR) is 33.9 cm³/mol. The van der Waals surface area contributed by atoms with E-state index in [1.54, 1.807) is 0 Å². The summed E-state index contributed by atoms with van der Waals surface area (Å²) in [6, 6.07) is 0. The van der Waals surface area contributed by atoms with Gasteiger partial charge in [-0.25, -0.2) is 0 Å². The summed E-state index contributed by atoms with van der Waals surface area (Å²) in [5.41, 5.74) is 0. The molecule has 0 nitrogen and oxygen atoms in total. The first-order valence-electron chi connectivity index (χ1n) is 2.85. The van der Waals surface area contributed by atoms with E-state index < -0.39 is 0 Å². The molecule has 0 bridgehead atoms. The number of rotatable bonds is 0. The lowest BCUT2D eigenvalue weighted by molar-refractivity contribution is 0.628. The largest absolute Gasteiger partial charge is 0.120 e. The molecule has 1 unspecified atom stereocenters. The molecule has 0 heterocycles. The Kier molecular flexibility index (Phi) is 1.60. The first-order valence-corrected chi connectivity index (χ1v) is 2.85. The first-order chi connectivity index (χ1) is 3.93. The third-order valence-electron chi connectivity index (χ3n) is 1.33. The van der Waals surface area contributed by atoms with Crippen molar-refractivity contribution in [3.63, 3.8) is 0 Å². The summed E-state index contributed by atoms with van der Waals surface area (Å²) in [4.78, 5) is 0. The average molecular weight is 104 g/mol. The van der Waals surface area contributed by atoms with E-state index in [4.69, 9.17) is 6.42 Å². The highest BCUT2D eigenvalue weighted by atomic mass is 14.1. The Bertz CT molecular complexity index is 161. The fraction of sp³-hybridized carbons (Fsp3) is 0.500. The Balaban J connectivity index is 2.47. The maximum atomic E-state index is 5.19. The van der Waals surface area contributed by atoms with E-state index in [1.165, 1.54) is 0 Å². The smallest absolute Gasteiger partial charge is 0.0318 e. The van der Waals surface area contributed by atoms with Crippen LogP contribution in [0, 0.1) is 30.1 Å². The lowest BCUT2D eigenvalue weighted by Crippen LogP contribution is -1.97. The number of hydrogen-bond donors (Lipinski definition) is 0. The van der Waals surface area contributed by atoms with Gasteiger partial charge in [0.25, 0.3) is 0 Å². The Morgan fingerprint density at radius 3 is 2.75 bits per heavy atom. The monoisotopic (exact) mass is 104 g/mol. The average Bonchev–Trinajstić information content (AvgIpc) is 1.90. The molecule has 0 saturated heterocycles. The molecule has 0 fully saturated rings. The van der Waals surface area contributed by atoms with Gasteiger partial charge in [-0.2, -0.15) is 0 Å². The second kappa shape index (κ2) is 2.43. The van der Waals surface area contributed by atoms with Crippen LogP contribution in [0.1, 0.15) is 19.3 Å². The number of terminal acetylenes is 1. The van der Waals surface area contributed by atoms with Gasteiger partial charge in [-0.05, 0) is 6.42 Å². The van der Waals surface area contributed by atoms with E-state index in [1.807, 2.05) is 0 Å². The van der Waals surface area contributed by atoms with Gasteiger partial charge in [0.1, 0.15) is 0 Å². The van der Waals surface area contributed by atoms with Crippen LogP contribution in [0.4, 0.5) is 0 Å². The highest BCUT2D eigenvalue weighted by Gasteiger charge is 2.03. The van der Waals surface area contributed by atoms with Crippen LogP contribution >= 0.6 is 0 Å². The van der Waals surface area contributed by atoms with Gasteiger partial charge < -0.3 is 0 Å². The quantitative estimate of drug-likeness (QED) is 0.408. The molecule has 0 heteroatoms. The minimum Gasteiger partial charge on any atom is -0.120 e. The van der Waals surface area contributed by atoms with Crippen molar-refractivity contribution in [2.75, 3.05) is 0 Å². The van der Waals surface area contributed by atoms with Gasteiger partial charge >= 0.3 is 0 Å². The Hall–Kier alpha value is -0.880. The van der Waals surface area contributed by atoms with Crippen LogP contribution in [-0.2, 0) is 0 Å². The second-order valence-corrected chi connectivity index (χ2v) is 1.96. The summed E-state index contributed by atoms with van der Waals surface area (Å²) in [5.74, 6) is 9.14. The lowest BCUT2D eigenvalue weighted by atomic mass is 9.97. The maximum absolute atomic E-state index is 5.19. The predicted octanol–water partition coefficient (Wildman–Crippen LogP) is 1.42. The molecule has 8 heavy (non-hydrogen) atoms. The van der Waals surface area contributed by atoms with Crippen molar-refractivity contribution in [1.29, 1.82) is 0 Å². The van der Waals surface area contributed by atoms with E-state index in [-0.39, 0.29) is 0 Å². The minimum absolute atomic E-state index is 0.441. The molecule has 0 aliphatic heterocycles. The third kappa shape index (κ3) is 1.04. The molecular formula is C8H8. The van der Waals surface area contributed by atoms with Crippen LogP contribution in [0.3, 0.4) is 0 Å². The number of hydrogen-bond acceptors (Lipinski definition) is 0. The van der Waals surface area contributed by atoms with Gasteiger partial charge in [0, 0.05) is 18.8 Å². The standard InChI is InChI=1S/C8H8/c1-2-8-6-4-3-5-7-8/h1,8H,4,6-7H2. The second-order valence-electron chi connectivity index (χ2n) is 1.96. The molecule has 0 N–H and O–H groups in total. The first kappa shape index (κ1) is 5.26. The van der Waals surface area contributed by atoms with Gasteiger partial charge in [-0.1, -0.05) is 0 Å². The molecule has 0 aromatic rings. The van der Waals surface area contributed by atoms with Crippen molar-refractivity contribution in [1.82, 2.24) is 0 Å².